The predicted molar refractivity (Wildman–Crippen MR) is 107 cm³/mol. The number of aromatic nitrogens is 4. The second-order valence-electron chi connectivity index (χ2n) is 7.15. The van der Waals surface area contributed by atoms with E-state index in [9.17, 15) is 14.0 Å². The Morgan fingerprint density at radius 3 is 2.47 bits per heavy atom. The molecular weight excluding hydrogens is 385 g/mol. The van der Waals surface area contributed by atoms with Crippen LogP contribution in [0.2, 0.25) is 0 Å². The van der Waals surface area contributed by atoms with E-state index < -0.39 is 11.7 Å². The average Bonchev–Trinajstić information content (AvgIpc) is 3.21. The molecular formula is C22H16FN5O2. The van der Waals surface area contributed by atoms with Crippen LogP contribution in [0.25, 0.3) is 10.8 Å². The smallest absolute Gasteiger partial charge is 0.272 e. The first-order valence-corrected chi connectivity index (χ1v) is 9.43. The van der Waals surface area contributed by atoms with Gasteiger partial charge in [-0.25, -0.2) is 9.49 Å². The molecule has 0 unspecified atom stereocenters. The Hall–Kier alpha value is -3.94. The van der Waals surface area contributed by atoms with Crippen LogP contribution in [0.3, 0.4) is 0 Å². The van der Waals surface area contributed by atoms with E-state index >= 15 is 0 Å². The molecule has 0 atom stereocenters. The fraction of sp³-hybridized carbons (Fsp3) is 0.136. The molecule has 7 nitrogen and oxygen atoms in total. The van der Waals surface area contributed by atoms with E-state index in [1.54, 1.807) is 36.7 Å². The van der Waals surface area contributed by atoms with Crippen molar-refractivity contribution >= 4 is 16.7 Å². The van der Waals surface area contributed by atoms with Crippen LogP contribution in [0.1, 0.15) is 33.0 Å². The monoisotopic (exact) mass is 401 g/mol. The Bertz CT molecular complexity index is 1330. The Kier molecular flexibility index (Phi) is 4.31. The van der Waals surface area contributed by atoms with E-state index in [-0.39, 0.29) is 11.1 Å². The van der Waals surface area contributed by atoms with E-state index in [0.29, 0.717) is 30.6 Å². The molecule has 0 bridgehead atoms. The Morgan fingerprint density at radius 2 is 1.73 bits per heavy atom. The van der Waals surface area contributed by atoms with Crippen molar-refractivity contribution in [2.24, 2.45) is 0 Å². The van der Waals surface area contributed by atoms with Crippen molar-refractivity contribution in [3.05, 3.63) is 99.2 Å². The molecule has 0 spiro atoms. The minimum absolute atomic E-state index is 0.00552. The second kappa shape index (κ2) is 7.14. The van der Waals surface area contributed by atoms with Crippen molar-refractivity contribution < 1.29 is 9.18 Å². The van der Waals surface area contributed by atoms with Crippen molar-refractivity contribution in [1.29, 1.82) is 0 Å². The number of rotatable bonds is 3. The van der Waals surface area contributed by atoms with Gasteiger partial charge in [-0.15, -0.1) is 0 Å². The third-order valence-corrected chi connectivity index (χ3v) is 5.24. The first kappa shape index (κ1) is 18.1. The summed E-state index contributed by atoms with van der Waals surface area (Å²) >= 11 is 0. The number of H-pyrrole nitrogens is 1. The third kappa shape index (κ3) is 3.12. The van der Waals surface area contributed by atoms with Crippen molar-refractivity contribution in [3.8, 4) is 0 Å². The highest BCUT2D eigenvalue weighted by molar-refractivity contribution is 5.95. The maximum Gasteiger partial charge on any atom is 0.272 e. The summed E-state index contributed by atoms with van der Waals surface area (Å²) in [5.41, 5.74) is 2.56. The molecule has 0 radical (unpaired) electrons. The van der Waals surface area contributed by atoms with E-state index in [2.05, 4.69) is 20.2 Å². The minimum atomic E-state index is -0.583. The zero-order chi connectivity index (χ0) is 20.7. The van der Waals surface area contributed by atoms with Gasteiger partial charge < -0.3 is 4.90 Å². The molecule has 1 aliphatic rings. The summed E-state index contributed by atoms with van der Waals surface area (Å²) in [4.78, 5) is 34.9. The Labute approximate surface area is 170 Å². The number of nitrogens with zero attached hydrogens (tertiary/aromatic N) is 4. The van der Waals surface area contributed by atoms with Crippen molar-refractivity contribution in [1.82, 2.24) is 25.1 Å². The number of amides is 1. The summed E-state index contributed by atoms with van der Waals surface area (Å²) in [5, 5.41) is 7.92. The summed E-state index contributed by atoms with van der Waals surface area (Å²) in [6.07, 6.45) is 3.51. The maximum absolute atomic E-state index is 14.5. The number of hydrogen-bond donors (Lipinski definition) is 1. The number of carbonyl (C=O) groups is 1. The molecule has 30 heavy (non-hydrogen) atoms. The molecule has 0 aliphatic carbocycles. The Morgan fingerprint density at radius 1 is 1.03 bits per heavy atom. The van der Waals surface area contributed by atoms with Crippen LogP contribution >= 0.6 is 0 Å². The number of carbonyl (C=O) groups excluding carboxylic acids is 1. The van der Waals surface area contributed by atoms with Crippen molar-refractivity contribution in [2.75, 3.05) is 0 Å². The average molecular weight is 401 g/mol. The highest BCUT2D eigenvalue weighted by Crippen LogP contribution is 2.23. The molecule has 1 N–H and O–H groups in total. The second-order valence-corrected chi connectivity index (χ2v) is 7.15. The molecule has 2 aromatic heterocycles. The van der Waals surface area contributed by atoms with Crippen molar-refractivity contribution in [3.63, 3.8) is 0 Å². The molecule has 3 heterocycles. The molecule has 0 saturated carbocycles. The number of fused-ring (bicyclic) bond motifs is 2. The molecule has 148 valence electrons. The van der Waals surface area contributed by atoms with E-state index in [4.69, 9.17) is 0 Å². The van der Waals surface area contributed by atoms with Crippen LogP contribution in [0.5, 0.6) is 0 Å². The number of benzene rings is 2. The van der Waals surface area contributed by atoms with Gasteiger partial charge in [0.25, 0.3) is 11.5 Å². The molecule has 0 saturated heterocycles. The molecule has 1 amide bonds. The highest BCUT2D eigenvalue weighted by Gasteiger charge is 2.28. The number of nitrogens with one attached hydrogen (secondary N) is 1. The highest BCUT2D eigenvalue weighted by atomic mass is 19.1. The molecule has 5 rings (SSSR count). The van der Waals surface area contributed by atoms with Gasteiger partial charge in [-0.3, -0.25) is 19.6 Å². The van der Waals surface area contributed by atoms with Gasteiger partial charge in [-0.2, -0.15) is 5.10 Å². The summed E-state index contributed by atoms with van der Waals surface area (Å²) < 4.78 is 14.5. The lowest BCUT2D eigenvalue weighted by molar-refractivity contribution is 0.0744. The first-order valence-electron chi connectivity index (χ1n) is 9.43. The summed E-state index contributed by atoms with van der Waals surface area (Å²) in [6, 6.07) is 11.6. The Balaban J connectivity index is 1.46. The quantitative estimate of drug-likeness (QED) is 0.570. The van der Waals surface area contributed by atoms with Gasteiger partial charge in [0, 0.05) is 24.2 Å². The van der Waals surface area contributed by atoms with Crippen LogP contribution in [0.4, 0.5) is 4.39 Å². The normalized spacial score (nSPS) is 12.9. The lowest BCUT2D eigenvalue weighted by atomic mass is 10.0. The SMILES string of the molecule is O=C(c1cc(Cc2n[nH]c(=O)c3ccccc23)ccc1F)N1Cc2nccnc2C1. The van der Waals surface area contributed by atoms with Crippen LogP contribution < -0.4 is 5.56 Å². The fourth-order valence-electron chi connectivity index (χ4n) is 3.74. The van der Waals surface area contributed by atoms with Gasteiger partial charge in [0.1, 0.15) is 5.82 Å². The van der Waals surface area contributed by atoms with Crippen LogP contribution in [-0.2, 0) is 19.5 Å². The van der Waals surface area contributed by atoms with E-state index in [0.717, 1.165) is 22.3 Å². The molecule has 8 heteroatoms. The van der Waals surface area contributed by atoms with Gasteiger partial charge in [0.2, 0.25) is 0 Å². The number of hydrogen-bond acceptors (Lipinski definition) is 5. The van der Waals surface area contributed by atoms with Gasteiger partial charge in [0.15, 0.2) is 0 Å². The zero-order valence-electron chi connectivity index (χ0n) is 15.8. The summed E-state index contributed by atoms with van der Waals surface area (Å²) in [6.45, 7) is 0.607. The molecule has 0 fully saturated rings. The predicted octanol–water partition coefficient (Wildman–Crippen LogP) is 2.60. The van der Waals surface area contributed by atoms with Gasteiger partial charge in [0.05, 0.1) is 41.1 Å². The zero-order valence-corrected chi connectivity index (χ0v) is 15.8. The van der Waals surface area contributed by atoms with Gasteiger partial charge in [-0.1, -0.05) is 24.3 Å². The standard InChI is InChI=1S/C22H16FN5O2/c23-17-6-5-13(10-18-14-3-1-2-4-15(14)21(29)27-26-18)9-16(17)22(30)28-11-19-20(12-28)25-8-7-24-19/h1-9H,10-12H2,(H,27,29). The van der Waals surface area contributed by atoms with Gasteiger partial charge >= 0.3 is 0 Å². The van der Waals surface area contributed by atoms with Gasteiger partial charge in [-0.05, 0) is 23.8 Å². The van der Waals surface area contributed by atoms with E-state index in [1.807, 2.05) is 12.1 Å². The number of halogens is 1. The molecule has 2 aromatic carbocycles. The minimum Gasteiger partial charge on any atom is -0.327 e. The van der Waals surface area contributed by atoms with Crippen LogP contribution in [-0.4, -0.2) is 31.0 Å². The van der Waals surface area contributed by atoms with Crippen LogP contribution in [0, 0.1) is 5.82 Å². The largest absolute Gasteiger partial charge is 0.327 e. The summed E-state index contributed by atoms with van der Waals surface area (Å²) in [7, 11) is 0. The lowest BCUT2D eigenvalue weighted by Crippen LogP contribution is -2.26. The molecule has 4 aromatic rings. The van der Waals surface area contributed by atoms with Crippen molar-refractivity contribution in [2.45, 2.75) is 19.5 Å². The van der Waals surface area contributed by atoms with Crippen LogP contribution in [0.15, 0.2) is 59.7 Å². The third-order valence-electron chi connectivity index (χ3n) is 5.24. The lowest BCUT2D eigenvalue weighted by Gasteiger charge is -2.16. The van der Waals surface area contributed by atoms with E-state index in [1.165, 1.54) is 11.0 Å². The molecule has 1 aliphatic heterocycles. The topological polar surface area (TPSA) is 91.8 Å². The maximum atomic E-state index is 14.5. The fourth-order valence-corrected chi connectivity index (χ4v) is 3.74. The first-order chi connectivity index (χ1) is 14.6. The number of aromatic amines is 1. The summed E-state index contributed by atoms with van der Waals surface area (Å²) in [5.74, 6) is -0.992.